The molecular weight excluding hydrogens is 370 g/mol. The Labute approximate surface area is 169 Å². The molecule has 1 aliphatic rings. The maximum Gasteiger partial charge on any atom is 0.256 e. The molecule has 1 aromatic carbocycles. The Kier molecular flexibility index (Phi) is 5.35. The average Bonchev–Trinajstić information content (AvgIpc) is 3.33. The molecule has 0 saturated carbocycles. The van der Waals surface area contributed by atoms with E-state index in [0.29, 0.717) is 11.5 Å². The van der Waals surface area contributed by atoms with Gasteiger partial charge in [-0.15, -0.1) is 0 Å². The van der Waals surface area contributed by atoms with Gasteiger partial charge in [-0.1, -0.05) is 24.3 Å². The number of aromatic nitrogens is 3. The van der Waals surface area contributed by atoms with Crippen LogP contribution in [0.1, 0.15) is 35.7 Å². The lowest BCUT2D eigenvalue weighted by Crippen LogP contribution is -2.39. The molecule has 0 radical (unpaired) electrons. The quantitative estimate of drug-likeness (QED) is 0.660. The smallest absolute Gasteiger partial charge is 0.256 e. The van der Waals surface area contributed by atoms with E-state index in [2.05, 4.69) is 35.1 Å². The normalized spacial score (nSPS) is 15.3. The summed E-state index contributed by atoms with van der Waals surface area (Å²) in [6.45, 7) is 4.98. The van der Waals surface area contributed by atoms with Crippen molar-refractivity contribution < 1.29 is 4.79 Å². The number of aryl methyl sites for hydroxylation is 2. The highest BCUT2D eigenvalue weighted by molar-refractivity contribution is 7.22. The Bertz CT molecular complexity index is 970. The highest BCUT2D eigenvalue weighted by Gasteiger charge is 2.24. The molecule has 0 N–H and O–H groups in total. The summed E-state index contributed by atoms with van der Waals surface area (Å²) in [7, 11) is 3.72. The van der Waals surface area contributed by atoms with Crippen LogP contribution in [0, 0.1) is 5.92 Å². The van der Waals surface area contributed by atoms with Crippen LogP contribution < -0.4 is 4.90 Å². The highest BCUT2D eigenvalue weighted by Crippen LogP contribution is 2.32. The fourth-order valence-electron chi connectivity index (χ4n) is 3.84. The van der Waals surface area contributed by atoms with Gasteiger partial charge in [-0.3, -0.25) is 9.48 Å². The molecule has 28 heavy (non-hydrogen) atoms. The number of hydrogen-bond acceptors (Lipinski definition) is 5. The highest BCUT2D eigenvalue weighted by atomic mass is 32.1. The van der Waals surface area contributed by atoms with Crippen LogP contribution in [0.5, 0.6) is 0 Å². The number of thiazole rings is 1. The van der Waals surface area contributed by atoms with Crippen molar-refractivity contribution in [2.75, 3.05) is 31.6 Å². The average molecular weight is 398 g/mol. The Hall–Kier alpha value is -2.41. The number of carbonyl (C=O) groups is 1. The number of amides is 1. The maximum atomic E-state index is 12.5. The molecule has 0 bridgehead atoms. The molecule has 1 fully saturated rings. The molecule has 1 amide bonds. The molecule has 3 heterocycles. The van der Waals surface area contributed by atoms with Gasteiger partial charge in [0.2, 0.25) is 0 Å². The topological polar surface area (TPSA) is 54.3 Å². The van der Waals surface area contributed by atoms with E-state index in [9.17, 15) is 4.79 Å². The lowest BCUT2D eigenvalue weighted by molar-refractivity contribution is 0.0765. The van der Waals surface area contributed by atoms with Crippen LogP contribution in [-0.2, 0) is 13.5 Å². The molecule has 3 aromatic rings. The zero-order valence-electron chi connectivity index (χ0n) is 16.8. The zero-order chi connectivity index (χ0) is 19.7. The standard InChI is InChI=1S/C21H27N5OS/c1-4-15-5-6-18-19(11-15)28-21(23-18)26-9-7-16(8-10-26)13-24(2)20(27)17-12-22-25(3)14-17/h5-6,11-12,14,16H,4,7-10,13H2,1-3H3. The van der Waals surface area contributed by atoms with Crippen molar-refractivity contribution in [2.24, 2.45) is 13.0 Å². The van der Waals surface area contributed by atoms with E-state index in [0.717, 1.165) is 49.5 Å². The Morgan fingerprint density at radius 3 is 2.79 bits per heavy atom. The number of rotatable bonds is 5. The van der Waals surface area contributed by atoms with E-state index in [1.165, 1.54) is 10.3 Å². The van der Waals surface area contributed by atoms with Crippen molar-refractivity contribution in [3.63, 3.8) is 0 Å². The predicted octanol–water partition coefficient (Wildman–Crippen LogP) is 3.58. The Balaban J connectivity index is 1.35. The van der Waals surface area contributed by atoms with Gasteiger partial charge in [0.1, 0.15) is 0 Å². The van der Waals surface area contributed by atoms with Crippen molar-refractivity contribution in [1.82, 2.24) is 19.7 Å². The predicted molar refractivity (Wildman–Crippen MR) is 114 cm³/mol. The number of hydrogen-bond donors (Lipinski definition) is 0. The Morgan fingerprint density at radius 2 is 2.11 bits per heavy atom. The summed E-state index contributed by atoms with van der Waals surface area (Å²) in [5.74, 6) is 0.580. The number of fused-ring (bicyclic) bond motifs is 1. The monoisotopic (exact) mass is 397 g/mol. The van der Waals surface area contributed by atoms with Gasteiger partial charge in [-0.25, -0.2) is 4.98 Å². The third-order valence-corrected chi connectivity index (χ3v) is 6.64. The summed E-state index contributed by atoms with van der Waals surface area (Å²) < 4.78 is 2.94. The minimum Gasteiger partial charge on any atom is -0.348 e. The SMILES string of the molecule is CCc1ccc2nc(N3CCC(CN(C)C(=O)c4cnn(C)c4)CC3)sc2c1. The van der Waals surface area contributed by atoms with Crippen molar-refractivity contribution in [3.8, 4) is 0 Å². The molecule has 4 rings (SSSR count). The second-order valence-electron chi connectivity index (χ2n) is 7.67. The molecule has 2 aromatic heterocycles. The van der Waals surface area contributed by atoms with E-state index in [4.69, 9.17) is 4.98 Å². The second kappa shape index (κ2) is 7.91. The van der Waals surface area contributed by atoms with Gasteiger partial charge in [0, 0.05) is 39.9 Å². The summed E-state index contributed by atoms with van der Waals surface area (Å²) in [4.78, 5) is 21.6. The fraction of sp³-hybridized carbons (Fsp3) is 0.476. The first kappa shape index (κ1) is 18.9. The van der Waals surface area contributed by atoms with Gasteiger partial charge in [0.25, 0.3) is 5.91 Å². The van der Waals surface area contributed by atoms with Gasteiger partial charge in [0.05, 0.1) is 22.0 Å². The van der Waals surface area contributed by atoms with Gasteiger partial charge in [-0.05, 0) is 42.9 Å². The van der Waals surface area contributed by atoms with E-state index in [1.807, 2.05) is 19.0 Å². The Morgan fingerprint density at radius 1 is 1.32 bits per heavy atom. The van der Waals surface area contributed by atoms with E-state index >= 15 is 0 Å². The fourth-order valence-corrected chi connectivity index (χ4v) is 4.92. The summed E-state index contributed by atoms with van der Waals surface area (Å²) in [5.41, 5.74) is 3.12. The number of carbonyl (C=O) groups excluding carboxylic acids is 1. The van der Waals surface area contributed by atoms with Crippen LogP contribution in [0.15, 0.2) is 30.6 Å². The van der Waals surface area contributed by atoms with Gasteiger partial charge >= 0.3 is 0 Å². The molecular formula is C21H27N5OS. The molecule has 0 atom stereocenters. The second-order valence-corrected chi connectivity index (χ2v) is 8.68. The molecule has 148 valence electrons. The lowest BCUT2D eigenvalue weighted by atomic mass is 9.96. The van der Waals surface area contributed by atoms with Crippen molar-refractivity contribution in [1.29, 1.82) is 0 Å². The molecule has 1 saturated heterocycles. The number of benzene rings is 1. The van der Waals surface area contributed by atoms with E-state index < -0.39 is 0 Å². The molecule has 0 unspecified atom stereocenters. The lowest BCUT2D eigenvalue weighted by Gasteiger charge is -2.33. The molecule has 6 nitrogen and oxygen atoms in total. The van der Waals surface area contributed by atoms with Gasteiger partial charge in [0.15, 0.2) is 5.13 Å². The van der Waals surface area contributed by atoms with E-state index in [1.54, 1.807) is 28.4 Å². The van der Waals surface area contributed by atoms with Crippen LogP contribution in [0.3, 0.4) is 0 Å². The van der Waals surface area contributed by atoms with Gasteiger partial charge in [-0.2, -0.15) is 5.10 Å². The third-order valence-electron chi connectivity index (χ3n) is 5.57. The van der Waals surface area contributed by atoms with Crippen LogP contribution in [0.2, 0.25) is 0 Å². The third kappa shape index (κ3) is 3.90. The van der Waals surface area contributed by atoms with Gasteiger partial charge < -0.3 is 9.80 Å². The van der Waals surface area contributed by atoms with Crippen LogP contribution in [-0.4, -0.2) is 52.3 Å². The maximum absolute atomic E-state index is 12.5. The summed E-state index contributed by atoms with van der Waals surface area (Å²) >= 11 is 1.79. The minimum absolute atomic E-state index is 0.0495. The van der Waals surface area contributed by atoms with Crippen molar-refractivity contribution >= 4 is 32.6 Å². The van der Waals surface area contributed by atoms with Crippen molar-refractivity contribution in [2.45, 2.75) is 26.2 Å². The van der Waals surface area contributed by atoms with Crippen LogP contribution in [0.4, 0.5) is 5.13 Å². The summed E-state index contributed by atoms with van der Waals surface area (Å²) in [6, 6.07) is 6.58. The van der Waals surface area contributed by atoms with E-state index in [-0.39, 0.29) is 5.91 Å². The summed E-state index contributed by atoms with van der Waals surface area (Å²) in [6.07, 6.45) is 6.64. The number of nitrogens with zero attached hydrogens (tertiary/aromatic N) is 5. The largest absolute Gasteiger partial charge is 0.348 e. The minimum atomic E-state index is 0.0495. The van der Waals surface area contributed by atoms with Crippen LogP contribution >= 0.6 is 11.3 Å². The molecule has 1 aliphatic heterocycles. The number of piperidine rings is 1. The molecule has 0 spiro atoms. The first-order valence-electron chi connectivity index (χ1n) is 9.92. The van der Waals surface area contributed by atoms with Crippen molar-refractivity contribution in [3.05, 3.63) is 41.7 Å². The first-order valence-corrected chi connectivity index (χ1v) is 10.7. The number of anilines is 1. The first-order chi connectivity index (χ1) is 13.5. The summed E-state index contributed by atoms with van der Waals surface area (Å²) in [5, 5.41) is 5.22. The van der Waals surface area contributed by atoms with Crippen LogP contribution in [0.25, 0.3) is 10.2 Å². The molecule has 0 aliphatic carbocycles. The zero-order valence-corrected chi connectivity index (χ0v) is 17.6. The molecule has 7 heteroatoms.